The molecule has 0 rings (SSSR count). The first-order valence-corrected chi connectivity index (χ1v) is 5.22. The van der Waals surface area contributed by atoms with Gasteiger partial charge in [0.2, 0.25) is 5.91 Å². The minimum atomic E-state index is 0.00403. The monoisotopic (exact) mass is 198 g/mol. The van der Waals surface area contributed by atoms with Gasteiger partial charge in [0.15, 0.2) is 0 Å². The summed E-state index contributed by atoms with van der Waals surface area (Å²) in [5, 5.41) is 0. The number of carbonyl (C=O) groups excluding carboxylic acids is 1. The van der Waals surface area contributed by atoms with Crippen LogP contribution in [0.15, 0.2) is 12.7 Å². The molecule has 1 unspecified atom stereocenters. The highest BCUT2D eigenvalue weighted by Gasteiger charge is 2.11. The zero-order valence-corrected chi connectivity index (χ0v) is 9.33. The van der Waals surface area contributed by atoms with Crippen molar-refractivity contribution >= 4 is 5.91 Å². The second-order valence-corrected chi connectivity index (χ2v) is 3.62. The van der Waals surface area contributed by atoms with E-state index in [1.807, 2.05) is 20.0 Å². The van der Waals surface area contributed by atoms with E-state index in [4.69, 9.17) is 5.73 Å². The van der Waals surface area contributed by atoms with Gasteiger partial charge in [-0.05, 0) is 19.3 Å². The minimum absolute atomic E-state index is 0.00403. The van der Waals surface area contributed by atoms with Crippen molar-refractivity contribution in [3.05, 3.63) is 12.7 Å². The molecule has 1 amide bonds. The number of amides is 1. The van der Waals surface area contributed by atoms with Crippen LogP contribution < -0.4 is 5.73 Å². The highest BCUT2D eigenvalue weighted by atomic mass is 16.2. The summed E-state index contributed by atoms with van der Waals surface area (Å²) in [5.41, 5.74) is 5.70. The first-order chi connectivity index (χ1) is 6.61. The standard InChI is InChI=1S/C11H22N2O/c1-4-6-7-8-13(3)11(14)9-10(12)5-2/h4,10H,1,5-9,12H2,2-3H3. The lowest BCUT2D eigenvalue weighted by molar-refractivity contribution is -0.130. The molecule has 0 bridgehead atoms. The Morgan fingerprint density at radius 1 is 1.64 bits per heavy atom. The van der Waals surface area contributed by atoms with E-state index in [1.165, 1.54) is 0 Å². The van der Waals surface area contributed by atoms with Crippen LogP contribution in [0.1, 0.15) is 32.6 Å². The quantitative estimate of drug-likeness (QED) is 0.498. The van der Waals surface area contributed by atoms with Crippen molar-refractivity contribution < 1.29 is 4.79 Å². The highest BCUT2D eigenvalue weighted by Crippen LogP contribution is 2.00. The normalized spacial score (nSPS) is 12.2. The Morgan fingerprint density at radius 2 is 2.29 bits per heavy atom. The molecule has 2 N–H and O–H groups in total. The second-order valence-electron chi connectivity index (χ2n) is 3.62. The van der Waals surface area contributed by atoms with E-state index in [1.54, 1.807) is 4.90 Å². The lowest BCUT2D eigenvalue weighted by Gasteiger charge is -2.18. The lowest BCUT2D eigenvalue weighted by atomic mass is 10.1. The Morgan fingerprint density at radius 3 is 2.79 bits per heavy atom. The Hall–Kier alpha value is -0.830. The topological polar surface area (TPSA) is 46.3 Å². The molecular weight excluding hydrogens is 176 g/mol. The van der Waals surface area contributed by atoms with Gasteiger partial charge in [-0.2, -0.15) is 0 Å². The van der Waals surface area contributed by atoms with Gasteiger partial charge in [-0.1, -0.05) is 13.0 Å². The number of hydrogen-bond donors (Lipinski definition) is 1. The van der Waals surface area contributed by atoms with Gasteiger partial charge >= 0.3 is 0 Å². The van der Waals surface area contributed by atoms with Crippen LogP contribution >= 0.6 is 0 Å². The van der Waals surface area contributed by atoms with Gasteiger partial charge in [0.1, 0.15) is 0 Å². The second kappa shape index (κ2) is 7.56. The molecule has 0 aliphatic carbocycles. The lowest BCUT2D eigenvalue weighted by Crippen LogP contribution is -2.33. The van der Waals surface area contributed by atoms with Crippen LogP contribution in [0, 0.1) is 0 Å². The van der Waals surface area contributed by atoms with Crippen LogP contribution in [0.3, 0.4) is 0 Å². The Kier molecular flexibility index (Phi) is 7.11. The van der Waals surface area contributed by atoms with Gasteiger partial charge in [-0.25, -0.2) is 0 Å². The van der Waals surface area contributed by atoms with Gasteiger partial charge < -0.3 is 10.6 Å². The molecule has 0 aliphatic rings. The van der Waals surface area contributed by atoms with E-state index in [-0.39, 0.29) is 11.9 Å². The van der Waals surface area contributed by atoms with Crippen molar-refractivity contribution in [3.63, 3.8) is 0 Å². The number of hydrogen-bond acceptors (Lipinski definition) is 2. The van der Waals surface area contributed by atoms with E-state index < -0.39 is 0 Å². The summed E-state index contributed by atoms with van der Waals surface area (Å²) in [5.74, 6) is 0.142. The van der Waals surface area contributed by atoms with E-state index in [0.29, 0.717) is 6.42 Å². The molecule has 0 saturated heterocycles. The van der Waals surface area contributed by atoms with Crippen molar-refractivity contribution in [2.45, 2.75) is 38.6 Å². The van der Waals surface area contributed by atoms with Crippen molar-refractivity contribution in [1.82, 2.24) is 4.90 Å². The highest BCUT2D eigenvalue weighted by molar-refractivity contribution is 5.76. The maximum atomic E-state index is 11.5. The average molecular weight is 198 g/mol. The van der Waals surface area contributed by atoms with Crippen LogP contribution in [0.2, 0.25) is 0 Å². The van der Waals surface area contributed by atoms with Crippen molar-refractivity contribution in [1.29, 1.82) is 0 Å². The number of allylic oxidation sites excluding steroid dienone is 1. The smallest absolute Gasteiger partial charge is 0.223 e. The number of rotatable bonds is 7. The summed E-state index contributed by atoms with van der Waals surface area (Å²) in [6.45, 7) is 6.43. The molecule has 0 aromatic heterocycles. The first-order valence-electron chi connectivity index (χ1n) is 5.22. The summed E-state index contributed by atoms with van der Waals surface area (Å²) in [7, 11) is 1.83. The predicted molar refractivity (Wildman–Crippen MR) is 60.0 cm³/mol. The maximum absolute atomic E-state index is 11.5. The SMILES string of the molecule is C=CCCCN(C)C(=O)CC(N)CC. The number of nitrogens with zero attached hydrogens (tertiary/aromatic N) is 1. The fourth-order valence-electron chi connectivity index (χ4n) is 1.12. The molecule has 14 heavy (non-hydrogen) atoms. The fraction of sp³-hybridized carbons (Fsp3) is 0.727. The molecule has 0 fully saturated rings. The number of unbranched alkanes of at least 4 members (excludes halogenated alkanes) is 1. The minimum Gasteiger partial charge on any atom is -0.346 e. The van der Waals surface area contributed by atoms with Gasteiger partial charge in [0, 0.05) is 26.1 Å². The molecule has 0 heterocycles. The molecule has 0 aromatic carbocycles. The third-order valence-corrected chi connectivity index (χ3v) is 2.29. The Bertz CT molecular complexity index is 180. The van der Waals surface area contributed by atoms with Crippen LogP contribution in [-0.2, 0) is 4.79 Å². The average Bonchev–Trinajstić information content (AvgIpc) is 2.17. The largest absolute Gasteiger partial charge is 0.346 e. The molecule has 0 spiro atoms. The van der Waals surface area contributed by atoms with Crippen molar-refractivity contribution in [2.75, 3.05) is 13.6 Å². The first kappa shape index (κ1) is 13.2. The Labute approximate surface area is 87.0 Å². The third-order valence-electron chi connectivity index (χ3n) is 2.29. The zero-order valence-electron chi connectivity index (χ0n) is 9.33. The summed E-state index contributed by atoms with van der Waals surface area (Å²) >= 11 is 0. The van der Waals surface area contributed by atoms with Crippen LogP contribution in [0.25, 0.3) is 0 Å². The molecule has 3 heteroatoms. The molecule has 0 aromatic rings. The summed E-state index contributed by atoms with van der Waals surface area (Å²) in [4.78, 5) is 13.3. The van der Waals surface area contributed by atoms with Crippen molar-refractivity contribution in [2.24, 2.45) is 5.73 Å². The van der Waals surface area contributed by atoms with Crippen molar-refractivity contribution in [3.8, 4) is 0 Å². The molecule has 1 atom stereocenters. The fourth-order valence-corrected chi connectivity index (χ4v) is 1.12. The molecule has 0 aliphatic heterocycles. The molecule has 0 saturated carbocycles. The van der Waals surface area contributed by atoms with Gasteiger partial charge in [-0.15, -0.1) is 6.58 Å². The van der Waals surface area contributed by atoms with Gasteiger partial charge in [0.25, 0.3) is 0 Å². The Balaban J connectivity index is 3.69. The molecule has 0 radical (unpaired) electrons. The van der Waals surface area contributed by atoms with Gasteiger partial charge in [-0.3, -0.25) is 4.79 Å². The van der Waals surface area contributed by atoms with Gasteiger partial charge in [0.05, 0.1) is 0 Å². The zero-order chi connectivity index (χ0) is 11.0. The summed E-state index contributed by atoms with van der Waals surface area (Å²) in [6, 6.07) is 0.00403. The van der Waals surface area contributed by atoms with Crippen LogP contribution in [0.5, 0.6) is 0 Å². The molecular formula is C11H22N2O. The van der Waals surface area contributed by atoms with E-state index in [0.717, 1.165) is 25.8 Å². The third kappa shape index (κ3) is 5.75. The number of nitrogens with two attached hydrogens (primary N) is 1. The molecule has 3 nitrogen and oxygen atoms in total. The predicted octanol–water partition coefficient (Wildman–Crippen LogP) is 1.54. The van der Waals surface area contributed by atoms with Crippen LogP contribution in [0.4, 0.5) is 0 Å². The molecule has 82 valence electrons. The van der Waals surface area contributed by atoms with E-state index >= 15 is 0 Å². The van der Waals surface area contributed by atoms with Crippen LogP contribution in [-0.4, -0.2) is 30.4 Å². The number of carbonyl (C=O) groups is 1. The van der Waals surface area contributed by atoms with E-state index in [2.05, 4.69) is 6.58 Å². The maximum Gasteiger partial charge on any atom is 0.223 e. The summed E-state index contributed by atoms with van der Waals surface area (Å²) < 4.78 is 0. The van der Waals surface area contributed by atoms with E-state index in [9.17, 15) is 4.79 Å². The summed E-state index contributed by atoms with van der Waals surface area (Å²) in [6.07, 6.45) is 5.12.